The van der Waals surface area contributed by atoms with Gasteiger partial charge in [0.1, 0.15) is 5.75 Å². The highest BCUT2D eigenvalue weighted by Crippen LogP contribution is 2.37. The Labute approximate surface area is 122 Å². The van der Waals surface area contributed by atoms with E-state index in [2.05, 4.69) is 56.4 Å². The maximum atomic E-state index is 5.28. The van der Waals surface area contributed by atoms with Crippen molar-refractivity contribution in [1.29, 1.82) is 0 Å². The first-order valence-corrected chi connectivity index (χ1v) is 7.27. The van der Waals surface area contributed by atoms with E-state index in [0.717, 1.165) is 12.2 Å². The third-order valence-electron chi connectivity index (χ3n) is 4.39. The second-order valence-corrected chi connectivity index (χ2v) is 6.04. The maximum Gasteiger partial charge on any atom is 0.119 e. The molecule has 2 heteroatoms. The summed E-state index contributed by atoms with van der Waals surface area (Å²) in [5.41, 5.74) is 1.58. The highest BCUT2D eigenvalue weighted by Gasteiger charge is 2.27. The number of hydrogen-bond donors (Lipinski definition) is 1. The Bertz CT molecular complexity index is 589. The van der Waals surface area contributed by atoms with E-state index in [1.807, 2.05) is 13.1 Å². The van der Waals surface area contributed by atoms with Crippen molar-refractivity contribution in [1.82, 2.24) is 5.32 Å². The van der Waals surface area contributed by atoms with E-state index in [0.29, 0.717) is 6.04 Å². The molecule has 0 saturated heterocycles. The van der Waals surface area contributed by atoms with E-state index in [4.69, 9.17) is 4.74 Å². The van der Waals surface area contributed by atoms with Gasteiger partial charge >= 0.3 is 0 Å². The van der Waals surface area contributed by atoms with E-state index in [-0.39, 0.29) is 5.41 Å². The second-order valence-electron chi connectivity index (χ2n) is 6.04. The van der Waals surface area contributed by atoms with Gasteiger partial charge in [0.05, 0.1) is 7.11 Å². The van der Waals surface area contributed by atoms with Crippen LogP contribution in [0.2, 0.25) is 0 Å². The number of benzene rings is 2. The molecule has 0 fully saturated rings. The Morgan fingerprint density at radius 3 is 2.35 bits per heavy atom. The molecule has 2 aromatic carbocycles. The van der Waals surface area contributed by atoms with Gasteiger partial charge in [0.2, 0.25) is 0 Å². The highest BCUT2D eigenvalue weighted by atomic mass is 16.5. The molecule has 0 saturated carbocycles. The summed E-state index contributed by atoms with van der Waals surface area (Å²) >= 11 is 0. The van der Waals surface area contributed by atoms with Gasteiger partial charge in [0.25, 0.3) is 0 Å². The van der Waals surface area contributed by atoms with Gasteiger partial charge in [0, 0.05) is 6.04 Å². The minimum Gasteiger partial charge on any atom is -0.497 e. The first-order chi connectivity index (χ1) is 9.51. The smallest absolute Gasteiger partial charge is 0.119 e. The van der Waals surface area contributed by atoms with Gasteiger partial charge in [-0.3, -0.25) is 0 Å². The fourth-order valence-corrected chi connectivity index (χ4v) is 2.76. The zero-order chi connectivity index (χ0) is 14.8. The van der Waals surface area contributed by atoms with Crippen molar-refractivity contribution in [3.8, 4) is 5.75 Å². The van der Waals surface area contributed by atoms with E-state index < -0.39 is 0 Å². The minimum absolute atomic E-state index is 0.231. The summed E-state index contributed by atoms with van der Waals surface area (Å²) in [6.07, 6.45) is 1.14. The standard InChI is InChI=1S/C18H25NO/c1-6-18(2,3)17(19-4)15-8-7-14-12-16(20-5)10-9-13(14)11-15/h7-12,17,19H,6H2,1-5H3. The Morgan fingerprint density at radius 2 is 1.75 bits per heavy atom. The third kappa shape index (κ3) is 2.80. The van der Waals surface area contributed by atoms with Crippen LogP contribution in [0.1, 0.15) is 38.8 Å². The van der Waals surface area contributed by atoms with Gasteiger partial charge in [-0.15, -0.1) is 0 Å². The Balaban J connectivity index is 2.45. The van der Waals surface area contributed by atoms with E-state index in [1.165, 1.54) is 16.3 Å². The van der Waals surface area contributed by atoms with Gasteiger partial charge in [-0.2, -0.15) is 0 Å². The summed E-state index contributed by atoms with van der Waals surface area (Å²) in [7, 11) is 3.75. The van der Waals surface area contributed by atoms with Crippen LogP contribution in [0.15, 0.2) is 36.4 Å². The molecule has 0 heterocycles. The summed E-state index contributed by atoms with van der Waals surface area (Å²) in [4.78, 5) is 0. The number of methoxy groups -OCH3 is 1. The lowest BCUT2D eigenvalue weighted by molar-refractivity contribution is 0.245. The van der Waals surface area contributed by atoms with Crippen molar-refractivity contribution in [3.05, 3.63) is 42.0 Å². The van der Waals surface area contributed by atoms with Crippen LogP contribution in [0.25, 0.3) is 10.8 Å². The summed E-state index contributed by atoms with van der Waals surface area (Å²) in [6.45, 7) is 6.87. The molecule has 20 heavy (non-hydrogen) atoms. The van der Waals surface area contributed by atoms with Crippen molar-refractivity contribution in [2.75, 3.05) is 14.2 Å². The number of fused-ring (bicyclic) bond motifs is 1. The van der Waals surface area contributed by atoms with Crippen molar-refractivity contribution < 1.29 is 4.74 Å². The molecule has 1 unspecified atom stereocenters. The van der Waals surface area contributed by atoms with Crippen LogP contribution in [0.4, 0.5) is 0 Å². The number of nitrogens with one attached hydrogen (secondary N) is 1. The lowest BCUT2D eigenvalue weighted by Gasteiger charge is -2.34. The Hall–Kier alpha value is -1.54. The van der Waals surface area contributed by atoms with E-state index in [9.17, 15) is 0 Å². The first kappa shape index (κ1) is 14.9. The molecule has 108 valence electrons. The summed E-state index contributed by atoms with van der Waals surface area (Å²) in [5.74, 6) is 0.907. The predicted molar refractivity (Wildman–Crippen MR) is 86.4 cm³/mol. The van der Waals surface area contributed by atoms with Gasteiger partial charge in [0.15, 0.2) is 0 Å². The fraction of sp³-hybridized carbons (Fsp3) is 0.444. The maximum absolute atomic E-state index is 5.28. The number of rotatable bonds is 5. The van der Waals surface area contributed by atoms with Gasteiger partial charge in [-0.25, -0.2) is 0 Å². The molecule has 2 aromatic rings. The summed E-state index contributed by atoms with van der Waals surface area (Å²) in [6, 6.07) is 13.3. The van der Waals surface area contributed by atoms with Crippen molar-refractivity contribution >= 4 is 10.8 Å². The van der Waals surface area contributed by atoms with Gasteiger partial charge in [-0.1, -0.05) is 39.0 Å². The molecule has 2 rings (SSSR count). The van der Waals surface area contributed by atoms with Crippen LogP contribution in [-0.2, 0) is 0 Å². The van der Waals surface area contributed by atoms with Gasteiger partial charge < -0.3 is 10.1 Å². The zero-order valence-electron chi connectivity index (χ0n) is 13.2. The molecule has 0 spiro atoms. The molecule has 0 amide bonds. The topological polar surface area (TPSA) is 21.3 Å². The fourth-order valence-electron chi connectivity index (χ4n) is 2.76. The molecular formula is C18H25NO. The number of ether oxygens (including phenoxy) is 1. The molecule has 1 atom stereocenters. The third-order valence-corrected chi connectivity index (χ3v) is 4.39. The van der Waals surface area contributed by atoms with Crippen LogP contribution < -0.4 is 10.1 Å². The molecular weight excluding hydrogens is 246 g/mol. The van der Waals surface area contributed by atoms with Gasteiger partial charge in [-0.05, 0) is 53.4 Å². The zero-order valence-corrected chi connectivity index (χ0v) is 13.2. The quantitative estimate of drug-likeness (QED) is 0.861. The molecule has 2 nitrogen and oxygen atoms in total. The predicted octanol–water partition coefficient (Wildman–Crippen LogP) is 4.55. The average Bonchev–Trinajstić information content (AvgIpc) is 2.47. The van der Waals surface area contributed by atoms with Crippen molar-refractivity contribution in [2.45, 2.75) is 33.2 Å². The lowest BCUT2D eigenvalue weighted by atomic mass is 9.78. The van der Waals surface area contributed by atoms with E-state index in [1.54, 1.807) is 7.11 Å². The Kier molecular flexibility index (Phi) is 4.34. The second kappa shape index (κ2) is 5.84. The van der Waals surface area contributed by atoms with Crippen LogP contribution in [0, 0.1) is 5.41 Å². The summed E-state index contributed by atoms with van der Waals surface area (Å²) in [5, 5.41) is 5.95. The van der Waals surface area contributed by atoms with Crippen LogP contribution in [0.3, 0.4) is 0 Å². The molecule has 0 aliphatic carbocycles. The van der Waals surface area contributed by atoms with E-state index >= 15 is 0 Å². The molecule has 0 aromatic heterocycles. The average molecular weight is 271 g/mol. The molecule has 0 aliphatic heterocycles. The van der Waals surface area contributed by atoms with Crippen molar-refractivity contribution in [2.24, 2.45) is 5.41 Å². The highest BCUT2D eigenvalue weighted by molar-refractivity contribution is 5.84. The minimum atomic E-state index is 0.231. The monoisotopic (exact) mass is 271 g/mol. The molecule has 0 bridgehead atoms. The van der Waals surface area contributed by atoms with Crippen LogP contribution in [-0.4, -0.2) is 14.2 Å². The largest absolute Gasteiger partial charge is 0.497 e. The lowest BCUT2D eigenvalue weighted by Crippen LogP contribution is -2.31. The van der Waals surface area contributed by atoms with Crippen LogP contribution in [0.5, 0.6) is 5.75 Å². The normalized spacial score (nSPS) is 13.4. The van der Waals surface area contributed by atoms with Crippen molar-refractivity contribution in [3.63, 3.8) is 0 Å². The van der Waals surface area contributed by atoms with Crippen LogP contribution >= 0.6 is 0 Å². The first-order valence-electron chi connectivity index (χ1n) is 7.27. The SMILES string of the molecule is CCC(C)(C)C(NC)c1ccc2cc(OC)ccc2c1. The number of hydrogen-bond acceptors (Lipinski definition) is 2. The molecule has 0 radical (unpaired) electrons. The summed E-state index contributed by atoms with van der Waals surface area (Å²) < 4.78 is 5.28. The molecule has 0 aliphatic rings. The molecule has 1 N–H and O–H groups in total. The Morgan fingerprint density at radius 1 is 1.10 bits per heavy atom.